The van der Waals surface area contributed by atoms with Gasteiger partial charge in [0.15, 0.2) is 5.13 Å². The molecule has 2 N–H and O–H groups in total. The van der Waals surface area contributed by atoms with E-state index in [1.165, 1.54) is 24.6 Å². The van der Waals surface area contributed by atoms with Gasteiger partial charge in [0.1, 0.15) is 0 Å². The smallest absolute Gasteiger partial charge is 0.305 e. The lowest BCUT2D eigenvalue weighted by molar-refractivity contribution is -0.140. The third-order valence-electron chi connectivity index (χ3n) is 2.89. The lowest BCUT2D eigenvalue weighted by Crippen LogP contribution is -2.12. The van der Waals surface area contributed by atoms with Gasteiger partial charge in [-0.3, -0.25) is 20.0 Å². The first-order valence-corrected chi connectivity index (χ1v) is 7.30. The molecule has 2 aromatic heterocycles. The molecule has 112 valence electrons. The zero-order valence-corrected chi connectivity index (χ0v) is 12.6. The number of carbonyl (C=O) groups excluding carboxylic acids is 2. The van der Waals surface area contributed by atoms with Crippen molar-refractivity contribution in [2.75, 3.05) is 12.4 Å². The molecule has 8 heteroatoms. The number of thiazole rings is 1. The Morgan fingerprint density at radius 1 is 1.48 bits per heavy atom. The quantitative estimate of drug-likeness (QED) is 0.795. The number of rotatable bonds is 6. The molecule has 0 spiro atoms. The molecule has 0 atom stereocenters. The van der Waals surface area contributed by atoms with E-state index in [1.807, 2.05) is 5.38 Å². The number of esters is 1. The van der Waals surface area contributed by atoms with Crippen molar-refractivity contribution in [1.82, 2.24) is 15.2 Å². The van der Waals surface area contributed by atoms with E-state index in [1.54, 1.807) is 6.92 Å². The Bertz CT molecular complexity index is 635. The monoisotopic (exact) mass is 308 g/mol. The fraction of sp³-hybridized carbons (Fsp3) is 0.385. The van der Waals surface area contributed by atoms with Crippen molar-refractivity contribution in [3.05, 3.63) is 28.5 Å². The second-order valence-corrected chi connectivity index (χ2v) is 5.29. The minimum Gasteiger partial charge on any atom is -0.469 e. The van der Waals surface area contributed by atoms with Gasteiger partial charge in [0.05, 0.1) is 24.6 Å². The molecule has 21 heavy (non-hydrogen) atoms. The summed E-state index contributed by atoms with van der Waals surface area (Å²) in [6, 6.07) is 0. The minimum atomic E-state index is -0.239. The molecule has 0 aliphatic heterocycles. The SMILES string of the molecule is COC(=O)CCCc1csc(NC(=O)c2cn[nH]c2C)n1. The van der Waals surface area contributed by atoms with Crippen LogP contribution in [-0.2, 0) is 16.0 Å². The van der Waals surface area contributed by atoms with Crippen LogP contribution in [0.2, 0.25) is 0 Å². The van der Waals surface area contributed by atoms with Crippen molar-refractivity contribution in [2.24, 2.45) is 0 Å². The average molecular weight is 308 g/mol. The predicted octanol–water partition coefficient (Wildman–Crippen LogP) is 1.92. The largest absolute Gasteiger partial charge is 0.469 e. The molecule has 0 fully saturated rings. The number of aromatic nitrogens is 3. The summed E-state index contributed by atoms with van der Waals surface area (Å²) in [5.41, 5.74) is 2.06. The van der Waals surface area contributed by atoms with Gasteiger partial charge in [-0.05, 0) is 19.8 Å². The molecule has 7 nitrogen and oxygen atoms in total. The van der Waals surface area contributed by atoms with Crippen LogP contribution in [0.15, 0.2) is 11.6 Å². The number of carbonyl (C=O) groups is 2. The normalized spacial score (nSPS) is 10.4. The van der Waals surface area contributed by atoms with E-state index in [4.69, 9.17) is 0 Å². The number of methoxy groups -OCH3 is 1. The summed E-state index contributed by atoms with van der Waals surface area (Å²) in [6.07, 6.45) is 3.19. The van der Waals surface area contributed by atoms with Crippen LogP contribution in [-0.4, -0.2) is 34.2 Å². The molecule has 0 unspecified atom stereocenters. The number of H-pyrrole nitrogens is 1. The number of anilines is 1. The molecular weight excluding hydrogens is 292 g/mol. The number of amides is 1. The Labute approximate surface area is 125 Å². The number of aromatic amines is 1. The van der Waals surface area contributed by atoms with Gasteiger partial charge in [0, 0.05) is 17.5 Å². The zero-order valence-electron chi connectivity index (χ0n) is 11.8. The molecule has 0 saturated heterocycles. The predicted molar refractivity (Wildman–Crippen MR) is 78.3 cm³/mol. The fourth-order valence-electron chi connectivity index (χ4n) is 1.74. The number of aryl methyl sites for hydroxylation is 2. The minimum absolute atomic E-state index is 0.228. The first-order valence-electron chi connectivity index (χ1n) is 6.42. The van der Waals surface area contributed by atoms with Crippen LogP contribution in [0.4, 0.5) is 5.13 Å². The molecule has 0 radical (unpaired) electrons. The van der Waals surface area contributed by atoms with Crippen LogP contribution in [0.1, 0.15) is 34.6 Å². The number of nitrogens with zero attached hydrogens (tertiary/aromatic N) is 2. The van der Waals surface area contributed by atoms with Crippen molar-refractivity contribution in [2.45, 2.75) is 26.2 Å². The average Bonchev–Trinajstić information content (AvgIpc) is 3.07. The Hall–Kier alpha value is -2.22. The molecule has 2 rings (SSSR count). The second-order valence-electron chi connectivity index (χ2n) is 4.44. The van der Waals surface area contributed by atoms with Gasteiger partial charge in [0.2, 0.25) is 0 Å². The van der Waals surface area contributed by atoms with Crippen LogP contribution >= 0.6 is 11.3 Å². The highest BCUT2D eigenvalue weighted by Gasteiger charge is 2.13. The summed E-state index contributed by atoms with van der Waals surface area (Å²) < 4.78 is 4.58. The maximum Gasteiger partial charge on any atom is 0.305 e. The lowest BCUT2D eigenvalue weighted by atomic mass is 10.2. The van der Waals surface area contributed by atoms with Crippen molar-refractivity contribution < 1.29 is 14.3 Å². The number of nitrogens with one attached hydrogen (secondary N) is 2. The van der Waals surface area contributed by atoms with E-state index in [0.29, 0.717) is 35.7 Å². The maximum atomic E-state index is 12.0. The number of hydrogen-bond donors (Lipinski definition) is 2. The summed E-state index contributed by atoms with van der Waals surface area (Å²) in [5.74, 6) is -0.467. The highest BCUT2D eigenvalue weighted by molar-refractivity contribution is 7.13. The third-order valence-corrected chi connectivity index (χ3v) is 3.69. The summed E-state index contributed by atoms with van der Waals surface area (Å²) in [6.45, 7) is 1.78. The standard InChI is InChI=1S/C13H16N4O3S/c1-8-10(6-14-17-8)12(19)16-13-15-9(7-21-13)4-3-5-11(18)20-2/h6-7H,3-5H2,1-2H3,(H,14,17)(H,15,16,19). The number of ether oxygens (including phenoxy) is 1. The highest BCUT2D eigenvalue weighted by Crippen LogP contribution is 2.18. The van der Waals surface area contributed by atoms with Crippen LogP contribution in [0.5, 0.6) is 0 Å². The Morgan fingerprint density at radius 2 is 2.29 bits per heavy atom. The molecule has 2 aromatic rings. The van der Waals surface area contributed by atoms with Gasteiger partial charge in [-0.1, -0.05) is 0 Å². The van der Waals surface area contributed by atoms with Crippen LogP contribution in [0, 0.1) is 6.92 Å². The summed E-state index contributed by atoms with van der Waals surface area (Å²) in [7, 11) is 1.37. The molecular formula is C13H16N4O3S. The first kappa shape index (κ1) is 15.2. The second kappa shape index (κ2) is 6.98. The molecule has 0 saturated carbocycles. The van der Waals surface area contributed by atoms with Crippen molar-refractivity contribution >= 4 is 28.3 Å². The van der Waals surface area contributed by atoms with Gasteiger partial charge in [-0.25, -0.2) is 4.98 Å². The highest BCUT2D eigenvalue weighted by atomic mass is 32.1. The topological polar surface area (TPSA) is 97.0 Å². The third kappa shape index (κ3) is 4.12. The summed E-state index contributed by atoms with van der Waals surface area (Å²) >= 11 is 1.36. The van der Waals surface area contributed by atoms with Gasteiger partial charge in [-0.15, -0.1) is 11.3 Å². The van der Waals surface area contributed by atoms with Crippen LogP contribution in [0.25, 0.3) is 0 Å². The lowest BCUT2D eigenvalue weighted by Gasteiger charge is -2.00. The molecule has 0 aromatic carbocycles. The van der Waals surface area contributed by atoms with Gasteiger partial charge in [0.25, 0.3) is 5.91 Å². The van der Waals surface area contributed by atoms with Crippen LogP contribution in [0.3, 0.4) is 0 Å². The van der Waals surface area contributed by atoms with E-state index in [9.17, 15) is 9.59 Å². The Kier molecular flexibility index (Phi) is 5.04. The molecule has 0 aliphatic carbocycles. The number of hydrogen-bond acceptors (Lipinski definition) is 6. The Balaban J connectivity index is 1.87. The van der Waals surface area contributed by atoms with E-state index in [-0.39, 0.29) is 11.9 Å². The summed E-state index contributed by atoms with van der Waals surface area (Å²) in [4.78, 5) is 27.3. The van der Waals surface area contributed by atoms with Crippen molar-refractivity contribution in [3.63, 3.8) is 0 Å². The van der Waals surface area contributed by atoms with E-state index in [2.05, 4.69) is 25.2 Å². The summed E-state index contributed by atoms with van der Waals surface area (Å²) in [5, 5.41) is 11.7. The van der Waals surface area contributed by atoms with E-state index >= 15 is 0 Å². The molecule has 0 aliphatic rings. The molecule has 2 heterocycles. The van der Waals surface area contributed by atoms with Crippen molar-refractivity contribution in [1.29, 1.82) is 0 Å². The van der Waals surface area contributed by atoms with Gasteiger partial charge < -0.3 is 4.74 Å². The van der Waals surface area contributed by atoms with Crippen molar-refractivity contribution in [3.8, 4) is 0 Å². The first-order chi connectivity index (χ1) is 10.1. The molecule has 0 bridgehead atoms. The van der Waals surface area contributed by atoms with E-state index in [0.717, 1.165) is 5.69 Å². The van der Waals surface area contributed by atoms with Gasteiger partial charge in [-0.2, -0.15) is 5.10 Å². The van der Waals surface area contributed by atoms with E-state index < -0.39 is 0 Å². The fourth-order valence-corrected chi connectivity index (χ4v) is 2.48. The maximum absolute atomic E-state index is 12.0. The molecule has 1 amide bonds. The van der Waals surface area contributed by atoms with Gasteiger partial charge >= 0.3 is 5.97 Å². The van der Waals surface area contributed by atoms with Crippen LogP contribution < -0.4 is 5.32 Å². The Morgan fingerprint density at radius 3 is 2.95 bits per heavy atom. The zero-order chi connectivity index (χ0) is 15.2.